The number of alkyl halides is 2. The Balaban J connectivity index is 2.42. The molecular formula is C8H12F2N2O. The van der Waals surface area contributed by atoms with Gasteiger partial charge in [-0.1, -0.05) is 0 Å². The molecule has 0 N–H and O–H groups in total. The van der Waals surface area contributed by atoms with Crippen LogP contribution in [0.1, 0.15) is 6.42 Å². The Morgan fingerprint density at radius 2 is 2.38 bits per heavy atom. The zero-order chi connectivity index (χ0) is 9.68. The summed E-state index contributed by atoms with van der Waals surface area (Å²) in [7, 11) is 0. The first kappa shape index (κ1) is 10.4. The van der Waals surface area contributed by atoms with E-state index in [1.807, 2.05) is 6.07 Å². The van der Waals surface area contributed by atoms with Gasteiger partial charge in [0.25, 0.3) is 0 Å². The van der Waals surface area contributed by atoms with E-state index in [1.165, 1.54) is 0 Å². The number of rotatable bonds is 3. The van der Waals surface area contributed by atoms with E-state index in [0.717, 1.165) is 0 Å². The van der Waals surface area contributed by atoms with E-state index in [-0.39, 0.29) is 19.0 Å². The molecule has 3 nitrogen and oxygen atoms in total. The molecule has 1 atom stereocenters. The van der Waals surface area contributed by atoms with Crippen molar-refractivity contribution >= 4 is 0 Å². The summed E-state index contributed by atoms with van der Waals surface area (Å²) in [6.07, 6.45) is -2.53. The molecule has 0 saturated carbocycles. The van der Waals surface area contributed by atoms with Crippen LogP contribution in [-0.2, 0) is 4.74 Å². The Kier molecular flexibility index (Phi) is 4.06. The predicted octanol–water partition coefficient (Wildman–Crippen LogP) is 0.866. The zero-order valence-corrected chi connectivity index (χ0v) is 7.25. The molecule has 13 heavy (non-hydrogen) atoms. The summed E-state index contributed by atoms with van der Waals surface area (Å²) >= 11 is 0. The number of nitriles is 1. The first-order valence-corrected chi connectivity index (χ1v) is 4.21. The summed E-state index contributed by atoms with van der Waals surface area (Å²) in [6.45, 7) is 1.62. The quantitative estimate of drug-likeness (QED) is 0.619. The third-order valence-corrected chi connectivity index (χ3v) is 2.07. The van der Waals surface area contributed by atoms with E-state index in [1.54, 1.807) is 4.90 Å². The van der Waals surface area contributed by atoms with Gasteiger partial charge in [0, 0.05) is 19.0 Å². The van der Waals surface area contributed by atoms with Gasteiger partial charge in [-0.3, -0.25) is 4.90 Å². The fraction of sp³-hybridized carbons (Fsp3) is 0.875. The highest BCUT2D eigenvalue weighted by Crippen LogP contribution is 2.14. The van der Waals surface area contributed by atoms with Crippen LogP contribution in [0.25, 0.3) is 0 Å². The van der Waals surface area contributed by atoms with Gasteiger partial charge in [0.15, 0.2) is 0 Å². The molecule has 1 fully saturated rings. The number of hydrogen-bond acceptors (Lipinski definition) is 3. The molecule has 0 amide bonds. The summed E-state index contributed by atoms with van der Waals surface area (Å²) < 4.78 is 29.2. The molecule has 1 aliphatic heterocycles. The van der Waals surface area contributed by atoms with Crippen molar-refractivity contribution < 1.29 is 13.5 Å². The van der Waals surface area contributed by atoms with Crippen molar-refractivity contribution in [3.8, 4) is 6.07 Å². The average molecular weight is 190 g/mol. The molecule has 0 aliphatic carbocycles. The molecule has 1 saturated heterocycles. The smallest absolute Gasteiger partial charge is 0.240 e. The van der Waals surface area contributed by atoms with Gasteiger partial charge in [0.2, 0.25) is 6.43 Å². The van der Waals surface area contributed by atoms with Crippen LogP contribution in [0.5, 0.6) is 0 Å². The van der Waals surface area contributed by atoms with E-state index in [0.29, 0.717) is 19.8 Å². The monoisotopic (exact) mass is 190 g/mol. The Bertz CT molecular complexity index is 193. The van der Waals surface area contributed by atoms with Crippen molar-refractivity contribution in [1.29, 1.82) is 5.26 Å². The van der Waals surface area contributed by atoms with Gasteiger partial charge in [-0.15, -0.1) is 0 Å². The predicted molar refractivity (Wildman–Crippen MR) is 42.4 cm³/mol. The van der Waals surface area contributed by atoms with Crippen molar-refractivity contribution in [2.45, 2.75) is 18.9 Å². The number of hydrogen-bond donors (Lipinski definition) is 0. The maximum absolute atomic E-state index is 12.1. The molecule has 1 unspecified atom stereocenters. The number of ether oxygens (including phenoxy) is 1. The standard InChI is InChI=1S/C8H12F2N2O/c9-8(10)5-7-6-13-4-3-12(7)2-1-11/h7-8H,2-6H2. The minimum absolute atomic E-state index is 0.207. The number of halogens is 2. The summed E-state index contributed by atoms with van der Waals surface area (Å²) in [6, 6.07) is 1.67. The molecule has 0 spiro atoms. The number of morpholine rings is 1. The minimum Gasteiger partial charge on any atom is -0.378 e. The number of nitrogens with zero attached hydrogens (tertiary/aromatic N) is 2. The molecule has 0 radical (unpaired) electrons. The van der Waals surface area contributed by atoms with E-state index < -0.39 is 6.43 Å². The molecular weight excluding hydrogens is 178 g/mol. The van der Waals surface area contributed by atoms with Crippen LogP contribution in [0, 0.1) is 11.3 Å². The third-order valence-electron chi connectivity index (χ3n) is 2.07. The second-order valence-corrected chi connectivity index (χ2v) is 2.98. The third kappa shape index (κ3) is 3.25. The Morgan fingerprint density at radius 3 is 3.00 bits per heavy atom. The maximum atomic E-state index is 12.1. The summed E-state index contributed by atoms with van der Waals surface area (Å²) in [5, 5.41) is 8.45. The Labute approximate surface area is 75.9 Å². The van der Waals surface area contributed by atoms with Gasteiger partial charge in [-0.25, -0.2) is 8.78 Å². The largest absolute Gasteiger partial charge is 0.378 e. The zero-order valence-electron chi connectivity index (χ0n) is 7.25. The van der Waals surface area contributed by atoms with Gasteiger partial charge in [-0.2, -0.15) is 5.26 Å². The molecule has 0 aromatic carbocycles. The molecule has 5 heteroatoms. The average Bonchev–Trinajstić information content (AvgIpc) is 2.08. The van der Waals surface area contributed by atoms with Crippen molar-refractivity contribution in [2.75, 3.05) is 26.3 Å². The lowest BCUT2D eigenvalue weighted by Crippen LogP contribution is -2.46. The van der Waals surface area contributed by atoms with Gasteiger partial charge < -0.3 is 4.74 Å². The summed E-state index contributed by atoms with van der Waals surface area (Å²) in [5.41, 5.74) is 0. The molecule has 74 valence electrons. The highest BCUT2D eigenvalue weighted by Gasteiger charge is 2.25. The molecule has 0 aromatic heterocycles. The van der Waals surface area contributed by atoms with E-state index >= 15 is 0 Å². The van der Waals surface area contributed by atoms with Crippen LogP contribution in [0.4, 0.5) is 8.78 Å². The molecule has 0 bridgehead atoms. The lowest BCUT2D eigenvalue weighted by atomic mass is 10.1. The van der Waals surface area contributed by atoms with Crippen LogP contribution in [0.2, 0.25) is 0 Å². The second-order valence-electron chi connectivity index (χ2n) is 2.98. The van der Waals surface area contributed by atoms with Crippen LogP contribution < -0.4 is 0 Å². The minimum atomic E-state index is -2.33. The van der Waals surface area contributed by atoms with Crippen molar-refractivity contribution in [1.82, 2.24) is 4.90 Å². The lowest BCUT2D eigenvalue weighted by Gasteiger charge is -2.33. The Morgan fingerprint density at radius 1 is 1.62 bits per heavy atom. The van der Waals surface area contributed by atoms with Crippen LogP contribution >= 0.6 is 0 Å². The highest BCUT2D eigenvalue weighted by molar-refractivity contribution is 4.84. The topological polar surface area (TPSA) is 36.3 Å². The fourth-order valence-electron chi connectivity index (χ4n) is 1.41. The molecule has 1 aliphatic rings. The summed E-state index contributed by atoms with van der Waals surface area (Å²) in [5.74, 6) is 0. The SMILES string of the molecule is N#CCN1CCOCC1CC(F)F. The normalized spacial score (nSPS) is 24.6. The van der Waals surface area contributed by atoms with E-state index in [4.69, 9.17) is 10.00 Å². The van der Waals surface area contributed by atoms with Gasteiger partial charge in [0.05, 0.1) is 25.8 Å². The van der Waals surface area contributed by atoms with Gasteiger partial charge in [-0.05, 0) is 0 Å². The fourth-order valence-corrected chi connectivity index (χ4v) is 1.41. The molecule has 1 rings (SSSR count). The first-order valence-electron chi connectivity index (χ1n) is 4.21. The van der Waals surface area contributed by atoms with Crippen LogP contribution in [-0.4, -0.2) is 43.7 Å². The van der Waals surface area contributed by atoms with Crippen molar-refractivity contribution in [2.24, 2.45) is 0 Å². The lowest BCUT2D eigenvalue weighted by molar-refractivity contribution is -0.0252. The van der Waals surface area contributed by atoms with Crippen LogP contribution in [0.15, 0.2) is 0 Å². The molecule has 1 heterocycles. The van der Waals surface area contributed by atoms with E-state index in [2.05, 4.69) is 0 Å². The van der Waals surface area contributed by atoms with E-state index in [9.17, 15) is 8.78 Å². The van der Waals surface area contributed by atoms with Gasteiger partial charge in [0.1, 0.15) is 0 Å². The first-order chi connectivity index (χ1) is 6.24. The van der Waals surface area contributed by atoms with Crippen molar-refractivity contribution in [3.63, 3.8) is 0 Å². The van der Waals surface area contributed by atoms with Crippen LogP contribution in [0.3, 0.4) is 0 Å². The maximum Gasteiger partial charge on any atom is 0.240 e. The van der Waals surface area contributed by atoms with Gasteiger partial charge >= 0.3 is 0 Å². The van der Waals surface area contributed by atoms with Crippen molar-refractivity contribution in [3.05, 3.63) is 0 Å². The second kappa shape index (κ2) is 5.10. The molecule has 0 aromatic rings. The highest BCUT2D eigenvalue weighted by atomic mass is 19.3. The summed E-state index contributed by atoms with van der Waals surface area (Å²) in [4.78, 5) is 1.75. The Hall–Kier alpha value is -0.730.